The van der Waals surface area contributed by atoms with Crippen LogP contribution in [0.4, 0.5) is 14.6 Å². The second kappa shape index (κ2) is 11.2. The molecule has 2 rings (SSSR count). The molecule has 0 saturated carbocycles. The van der Waals surface area contributed by atoms with E-state index in [0.717, 1.165) is 12.3 Å². The van der Waals surface area contributed by atoms with Crippen molar-refractivity contribution in [2.75, 3.05) is 31.6 Å². The first-order chi connectivity index (χ1) is 15.3. The third kappa shape index (κ3) is 7.60. The van der Waals surface area contributed by atoms with Crippen LogP contribution in [0.25, 0.3) is 0 Å². The molecule has 1 aliphatic rings. The number of hydrogen-bond acceptors (Lipinski definition) is 10. The summed E-state index contributed by atoms with van der Waals surface area (Å²) in [4.78, 5) is 56.3. The van der Waals surface area contributed by atoms with Gasteiger partial charge in [0.15, 0.2) is 12.7 Å². The van der Waals surface area contributed by atoms with Crippen LogP contribution in [-0.2, 0) is 28.2 Å². The van der Waals surface area contributed by atoms with E-state index < -0.39 is 63.0 Å². The zero-order chi connectivity index (χ0) is 24.8. The number of amides is 1. The van der Waals surface area contributed by atoms with Gasteiger partial charge in [-0.05, 0) is 12.6 Å². The van der Waals surface area contributed by atoms with Crippen LogP contribution in [0.5, 0.6) is 0 Å². The van der Waals surface area contributed by atoms with E-state index in [0.29, 0.717) is 17.7 Å². The summed E-state index contributed by atoms with van der Waals surface area (Å²) >= 11 is 0. The molecule has 5 N–H and O–H groups in total. The molecule has 0 radical (unpaired) electrons. The normalized spacial score (nSPS) is 22.2. The minimum absolute atomic E-state index is 0.0388. The van der Waals surface area contributed by atoms with Crippen LogP contribution in [0.3, 0.4) is 0 Å². The number of aromatic nitrogens is 2. The topological polar surface area (TPSA) is 199 Å². The standard InChI is InChI=1S/C16H23F2N4O10P/c1-2-19-5-3-12(24)30-8-11(23)20-10-4-6-22(15(26)21-10)14-16(17,18)13(25)9(32-14)7-31-33(27,28)29/h4,6,9,13-14,19,25H,2-3,5,7-8H2,1H3,(H2,27,28,29)(H,20,21,23,26)/t9-,13-,14-/m1/s1. The molecular formula is C16H23F2N4O10P. The van der Waals surface area contributed by atoms with E-state index in [4.69, 9.17) is 19.3 Å². The molecule has 1 fully saturated rings. The highest BCUT2D eigenvalue weighted by Crippen LogP contribution is 2.44. The summed E-state index contributed by atoms with van der Waals surface area (Å²) in [5.41, 5.74) is -1.29. The average molecular weight is 500 g/mol. The molecule has 0 aliphatic carbocycles. The third-order valence-corrected chi connectivity index (χ3v) is 4.74. The number of phosphoric ester groups is 1. The number of halogens is 2. The number of aliphatic hydroxyl groups excluding tert-OH is 1. The van der Waals surface area contributed by atoms with Crippen molar-refractivity contribution in [1.82, 2.24) is 14.9 Å². The van der Waals surface area contributed by atoms with E-state index in [2.05, 4.69) is 20.1 Å². The quantitative estimate of drug-likeness (QED) is 0.137. The van der Waals surface area contributed by atoms with Gasteiger partial charge in [0.05, 0.1) is 13.0 Å². The second-order valence-corrected chi connectivity index (χ2v) is 7.99. The van der Waals surface area contributed by atoms with Gasteiger partial charge >= 0.3 is 25.4 Å². The van der Waals surface area contributed by atoms with Gasteiger partial charge in [-0.25, -0.2) is 9.36 Å². The highest BCUT2D eigenvalue weighted by atomic mass is 31.2. The van der Waals surface area contributed by atoms with Crippen molar-refractivity contribution in [1.29, 1.82) is 0 Å². The van der Waals surface area contributed by atoms with Crippen LogP contribution in [0.1, 0.15) is 19.6 Å². The summed E-state index contributed by atoms with van der Waals surface area (Å²) in [6.07, 6.45) is -5.91. The summed E-state index contributed by atoms with van der Waals surface area (Å²) < 4.78 is 53.6. The highest BCUT2D eigenvalue weighted by molar-refractivity contribution is 7.46. The molecule has 186 valence electrons. The number of ether oxygens (including phenoxy) is 2. The van der Waals surface area contributed by atoms with Gasteiger partial charge in [-0.2, -0.15) is 13.8 Å². The maximum atomic E-state index is 14.4. The molecule has 17 heteroatoms. The zero-order valence-electron chi connectivity index (χ0n) is 17.2. The number of phosphoric acid groups is 1. The minimum Gasteiger partial charge on any atom is -0.456 e. The number of nitrogens with one attached hydrogen (secondary N) is 2. The summed E-state index contributed by atoms with van der Waals surface area (Å²) in [6.45, 7) is 1.14. The predicted octanol–water partition coefficient (Wildman–Crippen LogP) is -1.27. The summed E-state index contributed by atoms with van der Waals surface area (Å²) in [7, 11) is -5.02. The molecule has 2 heterocycles. The average Bonchev–Trinajstić information content (AvgIpc) is 2.94. The number of carbonyl (C=O) groups is 2. The van der Waals surface area contributed by atoms with Gasteiger partial charge in [-0.1, -0.05) is 6.92 Å². The Morgan fingerprint density at radius 1 is 1.39 bits per heavy atom. The van der Waals surface area contributed by atoms with Crippen molar-refractivity contribution >= 4 is 25.5 Å². The van der Waals surface area contributed by atoms with Crippen LogP contribution < -0.4 is 16.3 Å². The van der Waals surface area contributed by atoms with E-state index >= 15 is 0 Å². The SMILES string of the molecule is CCNCCC(=O)OCC(=O)Nc1ccn([C@@H]2O[C@H](COP(=O)(O)O)[C@@H](O)C2(F)F)c(=O)n1. The highest BCUT2D eigenvalue weighted by Gasteiger charge is 2.60. The first-order valence-electron chi connectivity index (χ1n) is 9.52. The number of aliphatic hydroxyl groups is 1. The Morgan fingerprint density at radius 3 is 2.70 bits per heavy atom. The predicted molar refractivity (Wildman–Crippen MR) is 104 cm³/mol. The van der Waals surface area contributed by atoms with Gasteiger partial charge in [-0.15, -0.1) is 0 Å². The van der Waals surface area contributed by atoms with Crippen molar-refractivity contribution < 1.29 is 51.8 Å². The van der Waals surface area contributed by atoms with Gasteiger partial charge < -0.3 is 35.0 Å². The number of alkyl halides is 2. The summed E-state index contributed by atoms with van der Waals surface area (Å²) in [5, 5.41) is 14.8. The van der Waals surface area contributed by atoms with Gasteiger partial charge in [0, 0.05) is 12.7 Å². The Kier molecular flexibility index (Phi) is 9.13. The van der Waals surface area contributed by atoms with E-state index in [1.807, 2.05) is 6.92 Å². The third-order valence-electron chi connectivity index (χ3n) is 4.26. The lowest BCUT2D eigenvalue weighted by Gasteiger charge is -2.21. The Hall–Kier alpha value is -2.33. The monoisotopic (exact) mass is 500 g/mol. The molecule has 1 aromatic heterocycles. The maximum absolute atomic E-state index is 14.4. The molecule has 1 saturated heterocycles. The van der Waals surface area contributed by atoms with E-state index in [1.165, 1.54) is 0 Å². The van der Waals surface area contributed by atoms with E-state index in [9.17, 15) is 32.8 Å². The van der Waals surface area contributed by atoms with Crippen molar-refractivity contribution in [3.05, 3.63) is 22.7 Å². The zero-order valence-corrected chi connectivity index (χ0v) is 18.1. The summed E-state index contributed by atoms with van der Waals surface area (Å²) in [5.74, 6) is -5.83. The maximum Gasteiger partial charge on any atom is 0.469 e. The lowest BCUT2D eigenvalue weighted by atomic mass is 10.1. The number of nitrogens with zero attached hydrogens (tertiary/aromatic N) is 2. The molecule has 0 bridgehead atoms. The van der Waals surface area contributed by atoms with Gasteiger partial charge in [0.1, 0.15) is 11.9 Å². The van der Waals surface area contributed by atoms with Crippen molar-refractivity contribution in [3.63, 3.8) is 0 Å². The first-order valence-corrected chi connectivity index (χ1v) is 11.0. The van der Waals surface area contributed by atoms with Crippen molar-refractivity contribution in [2.45, 2.75) is 37.7 Å². The van der Waals surface area contributed by atoms with Crippen molar-refractivity contribution in [3.8, 4) is 0 Å². The molecule has 0 unspecified atom stereocenters. The molecule has 1 amide bonds. The van der Waals surface area contributed by atoms with Gasteiger partial charge in [0.25, 0.3) is 5.91 Å². The van der Waals surface area contributed by atoms with Crippen LogP contribution in [0, 0.1) is 0 Å². The fourth-order valence-corrected chi connectivity index (χ4v) is 3.04. The largest absolute Gasteiger partial charge is 0.469 e. The number of hydrogen-bond donors (Lipinski definition) is 5. The number of anilines is 1. The second-order valence-electron chi connectivity index (χ2n) is 6.75. The molecule has 14 nitrogen and oxygen atoms in total. The number of esters is 1. The fraction of sp³-hybridized carbons (Fsp3) is 0.625. The van der Waals surface area contributed by atoms with Crippen molar-refractivity contribution in [2.24, 2.45) is 0 Å². The molecule has 33 heavy (non-hydrogen) atoms. The smallest absolute Gasteiger partial charge is 0.456 e. The lowest BCUT2D eigenvalue weighted by Crippen LogP contribution is -2.42. The number of rotatable bonds is 11. The Balaban J connectivity index is 2.00. The first kappa shape index (κ1) is 26.9. The van der Waals surface area contributed by atoms with Crippen LogP contribution in [0.15, 0.2) is 17.1 Å². The lowest BCUT2D eigenvalue weighted by molar-refractivity contribution is -0.147. The van der Waals surface area contributed by atoms with Crippen LogP contribution in [-0.4, -0.2) is 80.8 Å². The van der Waals surface area contributed by atoms with Gasteiger partial charge in [0.2, 0.25) is 6.23 Å². The van der Waals surface area contributed by atoms with Crippen LogP contribution >= 0.6 is 7.82 Å². The molecule has 1 aliphatic heterocycles. The molecule has 0 spiro atoms. The molecule has 1 aromatic rings. The number of carbonyl (C=O) groups excluding carboxylic acids is 2. The van der Waals surface area contributed by atoms with Gasteiger partial charge in [-0.3, -0.25) is 18.7 Å². The Labute approximate surface area is 185 Å². The molecule has 0 aromatic carbocycles. The van der Waals surface area contributed by atoms with E-state index in [1.54, 1.807) is 0 Å². The van der Waals surface area contributed by atoms with E-state index in [-0.39, 0.29) is 12.2 Å². The summed E-state index contributed by atoms with van der Waals surface area (Å²) in [6, 6.07) is 0.984. The minimum atomic E-state index is -5.02. The van der Waals surface area contributed by atoms with Crippen LogP contribution in [0.2, 0.25) is 0 Å². The Morgan fingerprint density at radius 2 is 2.09 bits per heavy atom. The fourth-order valence-electron chi connectivity index (χ4n) is 2.70. The molecule has 3 atom stereocenters. The Bertz CT molecular complexity index is 955. The molecular weight excluding hydrogens is 477 g/mol.